The lowest BCUT2D eigenvalue weighted by atomic mass is 9.96. The van der Waals surface area contributed by atoms with Crippen LogP contribution < -0.4 is 10.2 Å². The van der Waals surface area contributed by atoms with Gasteiger partial charge >= 0.3 is 6.03 Å². The molecule has 1 aromatic carbocycles. The van der Waals surface area contributed by atoms with Crippen LogP contribution in [0.2, 0.25) is 0 Å². The summed E-state index contributed by atoms with van der Waals surface area (Å²) >= 11 is 0. The minimum absolute atomic E-state index is 0.266. The second-order valence-electron chi connectivity index (χ2n) is 7.52. The van der Waals surface area contributed by atoms with Gasteiger partial charge in [0.25, 0.3) is 5.91 Å². The Bertz CT molecular complexity index is 1000. The summed E-state index contributed by atoms with van der Waals surface area (Å²) in [5.74, 6) is -0.533. The third-order valence-corrected chi connectivity index (χ3v) is 5.64. The number of carbonyl (C=O) groups excluding carboxylic acids is 3. The van der Waals surface area contributed by atoms with Crippen LogP contribution in [0, 0.1) is 6.92 Å². The lowest BCUT2D eigenvalue weighted by molar-refractivity contribution is -0.125. The molecule has 0 unspecified atom stereocenters. The predicted octanol–water partition coefficient (Wildman–Crippen LogP) is 3.31. The average molecular weight is 392 g/mol. The van der Waals surface area contributed by atoms with Gasteiger partial charge < -0.3 is 5.32 Å². The molecule has 7 nitrogen and oxygen atoms in total. The lowest BCUT2D eigenvalue weighted by Gasteiger charge is -2.21. The van der Waals surface area contributed by atoms with Crippen molar-refractivity contribution in [2.24, 2.45) is 0 Å². The number of hydrogen-bond donors (Lipinski definition) is 1. The van der Waals surface area contributed by atoms with Crippen LogP contribution in [0.1, 0.15) is 47.1 Å². The predicted molar refractivity (Wildman–Crippen MR) is 110 cm³/mol. The van der Waals surface area contributed by atoms with Crippen molar-refractivity contribution in [1.82, 2.24) is 9.88 Å². The van der Waals surface area contributed by atoms with Crippen molar-refractivity contribution in [3.63, 3.8) is 0 Å². The number of fused-ring (bicyclic) bond motifs is 1. The zero-order valence-electron chi connectivity index (χ0n) is 16.7. The van der Waals surface area contributed by atoms with E-state index in [0.717, 1.165) is 30.5 Å². The van der Waals surface area contributed by atoms with Gasteiger partial charge in [-0.05, 0) is 61.9 Å². The van der Waals surface area contributed by atoms with E-state index in [9.17, 15) is 14.4 Å². The van der Waals surface area contributed by atoms with Crippen molar-refractivity contribution in [3.05, 3.63) is 52.8 Å². The minimum atomic E-state index is -0.333. The summed E-state index contributed by atoms with van der Waals surface area (Å²) in [5.41, 5.74) is 4.74. The SMILES string of the molecule is CC(=O)N1CCN(c2cccc(NC(=O)c3ccc4c(n3)CCCC4)c2C)C1=O. The number of urea groups is 1. The number of aryl methyl sites for hydroxylation is 2. The Morgan fingerprint density at radius 1 is 1.07 bits per heavy atom. The summed E-state index contributed by atoms with van der Waals surface area (Å²) in [4.78, 5) is 44.3. The van der Waals surface area contributed by atoms with E-state index in [1.165, 1.54) is 23.8 Å². The fourth-order valence-corrected chi connectivity index (χ4v) is 4.00. The molecule has 29 heavy (non-hydrogen) atoms. The van der Waals surface area contributed by atoms with E-state index in [2.05, 4.69) is 10.3 Å². The van der Waals surface area contributed by atoms with Crippen LogP contribution in [0.5, 0.6) is 0 Å². The van der Waals surface area contributed by atoms with Crippen LogP contribution in [-0.4, -0.2) is 40.8 Å². The number of pyridine rings is 1. The molecule has 150 valence electrons. The highest BCUT2D eigenvalue weighted by Crippen LogP contribution is 2.30. The Labute approximate surface area is 169 Å². The molecule has 1 saturated heterocycles. The molecule has 1 fully saturated rings. The smallest absolute Gasteiger partial charge is 0.320 e. The lowest BCUT2D eigenvalue weighted by Crippen LogP contribution is -2.35. The number of aromatic nitrogens is 1. The molecule has 0 saturated carbocycles. The molecule has 1 N–H and O–H groups in total. The van der Waals surface area contributed by atoms with Crippen LogP contribution in [0.15, 0.2) is 30.3 Å². The van der Waals surface area contributed by atoms with E-state index in [0.29, 0.717) is 30.2 Å². The van der Waals surface area contributed by atoms with Crippen LogP contribution in [0.4, 0.5) is 16.2 Å². The standard InChI is InChI=1S/C22H24N4O3/c1-14-17(8-5-9-20(14)26-13-12-25(15(2)27)22(26)29)24-21(28)19-11-10-16-6-3-4-7-18(16)23-19/h5,8-11H,3-4,6-7,12-13H2,1-2H3,(H,24,28). The topological polar surface area (TPSA) is 82.6 Å². The zero-order valence-corrected chi connectivity index (χ0v) is 16.7. The van der Waals surface area contributed by atoms with Crippen molar-refractivity contribution < 1.29 is 14.4 Å². The van der Waals surface area contributed by atoms with E-state index in [1.54, 1.807) is 23.1 Å². The van der Waals surface area contributed by atoms with Crippen molar-refractivity contribution >= 4 is 29.2 Å². The fraction of sp³-hybridized carbons (Fsp3) is 0.364. The Morgan fingerprint density at radius 3 is 2.62 bits per heavy atom. The number of imide groups is 1. The quantitative estimate of drug-likeness (QED) is 0.869. The molecule has 4 amide bonds. The van der Waals surface area contributed by atoms with E-state index < -0.39 is 0 Å². The molecule has 0 spiro atoms. The number of benzene rings is 1. The van der Waals surface area contributed by atoms with Gasteiger partial charge in [0.1, 0.15) is 5.69 Å². The van der Waals surface area contributed by atoms with Crippen molar-refractivity contribution in [2.45, 2.75) is 39.5 Å². The molecule has 2 aliphatic rings. The first kappa shape index (κ1) is 19.1. The summed E-state index contributed by atoms with van der Waals surface area (Å²) in [6.45, 7) is 4.04. The van der Waals surface area contributed by atoms with E-state index in [4.69, 9.17) is 0 Å². The van der Waals surface area contributed by atoms with E-state index in [1.807, 2.05) is 19.1 Å². The van der Waals surface area contributed by atoms with Gasteiger partial charge in [-0.1, -0.05) is 12.1 Å². The molecule has 2 aromatic rings. The number of amides is 4. The molecule has 0 bridgehead atoms. The first-order valence-corrected chi connectivity index (χ1v) is 9.95. The van der Waals surface area contributed by atoms with Crippen LogP contribution in [0.25, 0.3) is 0 Å². The zero-order chi connectivity index (χ0) is 20.5. The Balaban J connectivity index is 1.56. The van der Waals surface area contributed by atoms with Crippen molar-refractivity contribution in [2.75, 3.05) is 23.3 Å². The van der Waals surface area contributed by atoms with Crippen LogP contribution in [0.3, 0.4) is 0 Å². The van der Waals surface area contributed by atoms with Gasteiger partial charge in [0.15, 0.2) is 0 Å². The average Bonchev–Trinajstić information content (AvgIpc) is 3.10. The van der Waals surface area contributed by atoms with Gasteiger partial charge in [0.2, 0.25) is 5.91 Å². The highest BCUT2D eigenvalue weighted by molar-refractivity contribution is 6.06. The summed E-state index contributed by atoms with van der Waals surface area (Å²) < 4.78 is 0. The van der Waals surface area contributed by atoms with Gasteiger partial charge in [-0.2, -0.15) is 0 Å². The Hall–Kier alpha value is -3.22. The molecule has 0 radical (unpaired) electrons. The van der Waals surface area contributed by atoms with Gasteiger partial charge in [-0.15, -0.1) is 0 Å². The minimum Gasteiger partial charge on any atom is -0.320 e. The summed E-state index contributed by atoms with van der Waals surface area (Å²) in [7, 11) is 0. The summed E-state index contributed by atoms with van der Waals surface area (Å²) in [6.07, 6.45) is 4.21. The third-order valence-electron chi connectivity index (χ3n) is 5.64. The second-order valence-corrected chi connectivity index (χ2v) is 7.52. The molecule has 0 atom stereocenters. The molecule has 1 aliphatic heterocycles. The first-order chi connectivity index (χ1) is 14.0. The maximum Gasteiger partial charge on any atom is 0.331 e. The van der Waals surface area contributed by atoms with E-state index in [-0.39, 0.29) is 17.8 Å². The number of rotatable bonds is 3. The Kier molecular flexibility index (Phi) is 5.05. The molecular weight excluding hydrogens is 368 g/mol. The molecule has 7 heteroatoms. The highest BCUT2D eigenvalue weighted by atomic mass is 16.2. The maximum atomic E-state index is 12.8. The van der Waals surface area contributed by atoms with Gasteiger partial charge in [0.05, 0.1) is 5.69 Å². The maximum absolute atomic E-state index is 12.8. The highest BCUT2D eigenvalue weighted by Gasteiger charge is 2.33. The summed E-state index contributed by atoms with van der Waals surface area (Å²) in [6, 6.07) is 8.86. The molecule has 4 rings (SSSR count). The van der Waals surface area contributed by atoms with Crippen LogP contribution in [-0.2, 0) is 17.6 Å². The number of nitrogens with one attached hydrogen (secondary N) is 1. The van der Waals surface area contributed by atoms with Gasteiger partial charge in [-0.25, -0.2) is 9.78 Å². The van der Waals surface area contributed by atoms with Crippen molar-refractivity contribution in [3.8, 4) is 0 Å². The van der Waals surface area contributed by atoms with Gasteiger partial charge in [0, 0.05) is 31.4 Å². The van der Waals surface area contributed by atoms with Crippen molar-refractivity contribution in [1.29, 1.82) is 0 Å². The number of hydrogen-bond acceptors (Lipinski definition) is 4. The van der Waals surface area contributed by atoms with Gasteiger partial charge in [-0.3, -0.25) is 19.4 Å². The summed E-state index contributed by atoms with van der Waals surface area (Å²) in [5, 5.41) is 2.93. The normalized spacial score (nSPS) is 16.0. The number of nitrogens with zero attached hydrogens (tertiary/aromatic N) is 3. The van der Waals surface area contributed by atoms with Crippen LogP contribution >= 0.6 is 0 Å². The molecule has 2 heterocycles. The largest absolute Gasteiger partial charge is 0.331 e. The Morgan fingerprint density at radius 2 is 1.86 bits per heavy atom. The molecule has 1 aliphatic carbocycles. The number of carbonyl (C=O) groups is 3. The number of anilines is 2. The molecule has 1 aromatic heterocycles. The monoisotopic (exact) mass is 392 g/mol. The van der Waals surface area contributed by atoms with E-state index >= 15 is 0 Å². The first-order valence-electron chi connectivity index (χ1n) is 9.95. The second kappa shape index (κ2) is 7.66. The third kappa shape index (κ3) is 3.60. The molecular formula is C22H24N4O3. The fourth-order valence-electron chi connectivity index (χ4n) is 4.00.